The first kappa shape index (κ1) is 16.7. The van der Waals surface area contributed by atoms with Crippen LogP contribution in [0.25, 0.3) is 11.5 Å². The quantitative estimate of drug-likeness (QED) is 0.784. The Kier molecular flexibility index (Phi) is 5.63. The number of piperidine rings is 1. The molecule has 0 spiro atoms. The molecule has 1 N–H and O–H groups in total. The van der Waals surface area contributed by atoms with E-state index in [9.17, 15) is 4.79 Å². The fourth-order valence-corrected chi connectivity index (χ4v) is 2.96. The number of pyridine rings is 1. The summed E-state index contributed by atoms with van der Waals surface area (Å²) in [6.07, 6.45) is 7.87. The van der Waals surface area contributed by atoms with Crippen LogP contribution < -0.4 is 10.5 Å². The lowest BCUT2D eigenvalue weighted by Gasteiger charge is -2.32. The first-order chi connectivity index (χ1) is 11.7. The summed E-state index contributed by atoms with van der Waals surface area (Å²) in [7, 11) is 0. The number of nitrogens with zero attached hydrogens (tertiary/aromatic N) is 3. The van der Waals surface area contributed by atoms with E-state index in [1.54, 1.807) is 12.3 Å². The molecule has 0 radical (unpaired) electrons. The Morgan fingerprint density at radius 3 is 2.79 bits per heavy atom. The fourth-order valence-electron chi connectivity index (χ4n) is 2.96. The van der Waals surface area contributed by atoms with Crippen LogP contribution in [-0.2, 0) is 0 Å². The summed E-state index contributed by atoms with van der Waals surface area (Å²) in [6.45, 7) is 5.63. The number of aromatic nitrogens is 3. The van der Waals surface area contributed by atoms with Crippen molar-refractivity contribution in [2.24, 2.45) is 0 Å². The van der Waals surface area contributed by atoms with Gasteiger partial charge in [-0.2, -0.15) is 0 Å². The Balaban J connectivity index is 1.48. The van der Waals surface area contributed by atoms with Gasteiger partial charge in [-0.05, 0) is 37.9 Å². The number of rotatable bonds is 7. The third-order valence-electron chi connectivity index (χ3n) is 4.33. The molecule has 0 bridgehead atoms. The van der Waals surface area contributed by atoms with E-state index in [-0.39, 0.29) is 6.10 Å². The molecule has 0 aliphatic carbocycles. The first-order valence-corrected chi connectivity index (χ1v) is 8.66. The van der Waals surface area contributed by atoms with Gasteiger partial charge in [-0.15, -0.1) is 0 Å². The summed E-state index contributed by atoms with van der Waals surface area (Å²) in [6, 6.07) is 3.62. The number of unbranched alkanes of at least 4 members (excludes halogenated alkanes) is 2. The van der Waals surface area contributed by atoms with E-state index in [0.717, 1.165) is 31.7 Å². The molecule has 0 unspecified atom stereocenters. The predicted octanol–water partition coefficient (Wildman–Crippen LogP) is 2.46. The van der Waals surface area contributed by atoms with Crippen LogP contribution in [0.4, 0.5) is 0 Å². The standard InChI is InChI=1S/C17H24N4O3/c1-2-3-4-9-21-10-7-13(8-11-21)23-14-5-6-15(18-12-14)16-19-17(22)24-20-16/h5-6,12-13H,2-4,7-11H2,1H3,(H,19,20,22). The van der Waals surface area contributed by atoms with Gasteiger partial charge in [0.15, 0.2) is 0 Å². The lowest BCUT2D eigenvalue weighted by Crippen LogP contribution is -2.38. The van der Waals surface area contributed by atoms with Gasteiger partial charge in [-0.1, -0.05) is 24.9 Å². The van der Waals surface area contributed by atoms with Crippen molar-refractivity contribution in [2.45, 2.75) is 45.1 Å². The Morgan fingerprint density at radius 1 is 1.33 bits per heavy atom. The molecule has 7 nitrogen and oxygen atoms in total. The van der Waals surface area contributed by atoms with Crippen LogP contribution in [0, 0.1) is 0 Å². The zero-order chi connectivity index (χ0) is 16.8. The third-order valence-corrected chi connectivity index (χ3v) is 4.33. The molecule has 0 saturated carbocycles. The minimum atomic E-state index is -0.585. The largest absolute Gasteiger partial charge is 0.489 e. The second-order valence-electron chi connectivity index (χ2n) is 6.19. The smallest absolute Gasteiger partial charge is 0.439 e. The van der Waals surface area contributed by atoms with Crippen LogP contribution >= 0.6 is 0 Å². The molecule has 2 aromatic rings. The first-order valence-electron chi connectivity index (χ1n) is 8.66. The maximum atomic E-state index is 11.0. The number of hydrogen-bond acceptors (Lipinski definition) is 6. The van der Waals surface area contributed by atoms with Gasteiger partial charge in [-0.25, -0.2) is 9.78 Å². The Bertz CT molecular complexity index is 672. The van der Waals surface area contributed by atoms with E-state index in [0.29, 0.717) is 11.5 Å². The van der Waals surface area contributed by atoms with Crippen LogP contribution in [-0.4, -0.2) is 45.8 Å². The number of aromatic amines is 1. The Morgan fingerprint density at radius 2 is 2.17 bits per heavy atom. The molecule has 7 heteroatoms. The molecule has 0 aromatic carbocycles. The molecule has 0 amide bonds. The molecule has 130 valence electrons. The summed E-state index contributed by atoms with van der Waals surface area (Å²) < 4.78 is 10.5. The molecular formula is C17H24N4O3. The van der Waals surface area contributed by atoms with Crippen molar-refractivity contribution in [3.63, 3.8) is 0 Å². The van der Waals surface area contributed by atoms with Gasteiger partial charge < -0.3 is 9.64 Å². The zero-order valence-corrected chi connectivity index (χ0v) is 14.0. The molecule has 3 heterocycles. The highest BCUT2D eigenvalue weighted by molar-refractivity contribution is 5.48. The summed E-state index contributed by atoms with van der Waals surface area (Å²) >= 11 is 0. The molecule has 1 saturated heterocycles. The van der Waals surface area contributed by atoms with Crippen LogP contribution in [0.15, 0.2) is 27.6 Å². The summed E-state index contributed by atoms with van der Waals surface area (Å²) in [5.74, 6) is 0.485. The number of likely N-dealkylation sites (tertiary alicyclic amines) is 1. The minimum absolute atomic E-state index is 0.243. The maximum absolute atomic E-state index is 11.0. The van der Waals surface area contributed by atoms with E-state index < -0.39 is 5.76 Å². The lowest BCUT2D eigenvalue weighted by atomic mass is 10.1. The van der Waals surface area contributed by atoms with E-state index in [1.165, 1.54) is 25.8 Å². The minimum Gasteiger partial charge on any atom is -0.489 e. The second-order valence-corrected chi connectivity index (χ2v) is 6.19. The van der Waals surface area contributed by atoms with Gasteiger partial charge in [0.1, 0.15) is 17.5 Å². The highest BCUT2D eigenvalue weighted by Crippen LogP contribution is 2.20. The van der Waals surface area contributed by atoms with Crippen LogP contribution in [0.2, 0.25) is 0 Å². The van der Waals surface area contributed by atoms with E-state index in [2.05, 4.69) is 31.5 Å². The molecule has 3 rings (SSSR count). The summed E-state index contributed by atoms with van der Waals surface area (Å²) in [5.41, 5.74) is 0.555. The summed E-state index contributed by atoms with van der Waals surface area (Å²) in [5, 5.41) is 3.62. The Hall–Kier alpha value is -2.15. The molecule has 1 aliphatic rings. The average Bonchev–Trinajstić information content (AvgIpc) is 3.04. The van der Waals surface area contributed by atoms with E-state index in [4.69, 9.17) is 4.74 Å². The molecule has 1 aliphatic heterocycles. The van der Waals surface area contributed by atoms with Gasteiger partial charge in [0.2, 0.25) is 5.82 Å². The van der Waals surface area contributed by atoms with Gasteiger partial charge in [0.05, 0.1) is 6.20 Å². The lowest BCUT2D eigenvalue weighted by molar-refractivity contribution is 0.0993. The van der Waals surface area contributed by atoms with Crippen molar-refractivity contribution in [2.75, 3.05) is 19.6 Å². The molecular weight excluding hydrogens is 308 g/mol. The normalized spacial score (nSPS) is 16.4. The topological polar surface area (TPSA) is 84.2 Å². The predicted molar refractivity (Wildman–Crippen MR) is 90.0 cm³/mol. The van der Waals surface area contributed by atoms with Gasteiger partial charge in [0, 0.05) is 13.1 Å². The van der Waals surface area contributed by atoms with E-state index >= 15 is 0 Å². The van der Waals surface area contributed by atoms with Crippen molar-refractivity contribution in [1.82, 2.24) is 20.0 Å². The van der Waals surface area contributed by atoms with E-state index in [1.807, 2.05) is 6.07 Å². The van der Waals surface area contributed by atoms with Crippen molar-refractivity contribution in [1.29, 1.82) is 0 Å². The van der Waals surface area contributed by atoms with Crippen molar-refractivity contribution >= 4 is 0 Å². The molecule has 0 atom stereocenters. The zero-order valence-electron chi connectivity index (χ0n) is 14.0. The SMILES string of the molecule is CCCCCN1CCC(Oc2ccc(-c3noc(=O)[nH]3)nc2)CC1. The number of H-pyrrole nitrogens is 1. The van der Waals surface area contributed by atoms with Crippen molar-refractivity contribution in [3.05, 3.63) is 28.9 Å². The van der Waals surface area contributed by atoms with Gasteiger partial charge in [-0.3, -0.25) is 9.51 Å². The van der Waals surface area contributed by atoms with Gasteiger partial charge >= 0.3 is 5.76 Å². The summed E-state index contributed by atoms with van der Waals surface area (Å²) in [4.78, 5) is 20.2. The maximum Gasteiger partial charge on any atom is 0.439 e. The monoisotopic (exact) mass is 332 g/mol. The van der Waals surface area contributed by atoms with Crippen molar-refractivity contribution < 1.29 is 9.26 Å². The van der Waals surface area contributed by atoms with Gasteiger partial charge in [0.25, 0.3) is 0 Å². The molecule has 1 fully saturated rings. The van der Waals surface area contributed by atoms with Crippen LogP contribution in [0.3, 0.4) is 0 Å². The average molecular weight is 332 g/mol. The third kappa shape index (κ3) is 4.44. The van der Waals surface area contributed by atoms with Crippen molar-refractivity contribution in [3.8, 4) is 17.3 Å². The second kappa shape index (κ2) is 8.10. The fraction of sp³-hybridized carbons (Fsp3) is 0.588. The Labute approximate surface area is 141 Å². The van der Waals surface area contributed by atoms with Crippen LogP contribution in [0.1, 0.15) is 39.0 Å². The molecule has 24 heavy (non-hydrogen) atoms. The number of ether oxygens (including phenoxy) is 1. The highest BCUT2D eigenvalue weighted by Gasteiger charge is 2.20. The number of hydrogen-bond donors (Lipinski definition) is 1. The highest BCUT2D eigenvalue weighted by atomic mass is 16.5. The molecule has 2 aromatic heterocycles. The van der Waals surface area contributed by atoms with Crippen LogP contribution in [0.5, 0.6) is 5.75 Å². The number of nitrogens with one attached hydrogen (secondary N) is 1.